The Morgan fingerprint density at radius 1 is 1.62 bits per heavy atom. The van der Waals surface area contributed by atoms with Crippen LogP contribution in [0.15, 0.2) is 24.8 Å². The summed E-state index contributed by atoms with van der Waals surface area (Å²) >= 11 is 0. The second-order valence-corrected chi connectivity index (χ2v) is 2.97. The summed E-state index contributed by atoms with van der Waals surface area (Å²) in [6.45, 7) is 3.54. The molecule has 80 valence electrons. The number of aromatic hydroxyl groups is 1. The number of hydrogen-bond donors (Lipinski definition) is 1. The topological polar surface area (TPSA) is 69.6 Å². The van der Waals surface area contributed by atoms with E-state index in [1.165, 1.54) is 13.2 Å². The predicted octanol–water partition coefficient (Wildman–Crippen LogP) is -2.50. The fourth-order valence-corrected chi connectivity index (χ4v) is 1.26. The van der Waals surface area contributed by atoms with Gasteiger partial charge in [0, 0.05) is 5.56 Å². The van der Waals surface area contributed by atoms with Crippen molar-refractivity contribution in [2.24, 2.45) is 0 Å². The molecule has 5 heteroatoms. The molecule has 0 radical (unpaired) electrons. The van der Waals surface area contributed by atoms with Gasteiger partial charge in [-0.2, -0.15) is 0 Å². The van der Waals surface area contributed by atoms with E-state index in [9.17, 15) is 15.0 Å². The number of phenols is 1. The molecule has 0 saturated heterocycles. The second-order valence-electron chi connectivity index (χ2n) is 2.97. The molecular weight excluding hydrogens is 219 g/mol. The Hall–Kier alpha value is -0.970. The first-order valence-electron chi connectivity index (χ1n) is 4.32. The summed E-state index contributed by atoms with van der Waals surface area (Å²) in [5, 5.41) is 20.2. The molecule has 0 fully saturated rings. The van der Waals surface area contributed by atoms with Crippen LogP contribution >= 0.6 is 0 Å². The summed E-state index contributed by atoms with van der Waals surface area (Å²) in [6.07, 6.45) is 2.13. The maximum Gasteiger partial charge on any atom is 1.00 e. The van der Waals surface area contributed by atoms with Gasteiger partial charge in [-0.25, -0.2) is 0 Å². The predicted molar refractivity (Wildman–Crippen MR) is 52.9 cm³/mol. The molecule has 0 bridgehead atoms. The number of carboxylic acid groups (broad SMARTS) is 1. The van der Waals surface area contributed by atoms with E-state index in [1.807, 2.05) is 0 Å². The normalized spacial score (nSPS) is 9.06. The van der Waals surface area contributed by atoms with Crippen molar-refractivity contribution in [3.8, 4) is 11.5 Å². The molecule has 16 heavy (non-hydrogen) atoms. The number of carboxylic acids is 1. The Morgan fingerprint density at radius 2 is 2.25 bits per heavy atom. The number of benzene rings is 1. The van der Waals surface area contributed by atoms with Crippen LogP contribution in [0.4, 0.5) is 0 Å². The van der Waals surface area contributed by atoms with Crippen LogP contribution in [0.1, 0.15) is 15.9 Å². The van der Waals surface area contributed by atoms with Crippen LogP contribution in [0.5, 0.6) is 11.5 Å². The van der Waals surface area contributed by atoms with Gasteiger partial charge in [0.15, 0.2) is 11.5 Å². The van der Waals surface area contributed by atoms with Crippen LogP contribution in [0, 0.1) is 0 Å². The number of rotatable bonds is 4. The van der Waals surface area contributed by atoms with E-state index in [0.29, 0.717) is 12.0 Å². The van der Waals surface area contributed by atoms with Gasteiger partial charge in [0.1, 0.15) is 0 Å². The number of aromatic carboxylic acids is 1. The summed E-state index contributed by atoms with van der Waals surface area (Å²) < 4.78 is 4.85. The molecule has 0 amide bonds. The van der Waals surface area contributed by atoms with Crippen LogP contribution in [0.2, 0.25) is 0 Å². The van der Waals surface area contributed by atoms with Gasteiger partial charge in [-0.1, -0.05) is 6.08 Å². The zero-order chi connectivity index (χ0) is 11.4. The smallest absolute Gasteiger partial charge is 0.545 e. The van der Waals surface area contributed by atoms with E-state index in [0.717, 1.165) is 0 Å². The summed E-state index contributed by atoms with van der Waals surface area (Å²) in [6, 6.07) is 2.90. The van der Waals surface area contributed by atoms with Crippen LogP contribution in [-0.2, 0) is 6.42 Å². The molecule has 0 unspecified atom stereocenters. The molecule has 1 aromatic carbocycles. The fourth-order valence-electron chi connectivity index (χ4n) is 1.26. The minimum absolute atomic E-state index is 0. The largest absolute Gasteiger partial charge is 1.00 e. The first-order valence-corrected chi connectivity index (χ1v) is 4.32. The maximum atomic E-state index is 10.7. The number of carbonyl (C=O) groups is 1. The van der Waals surface area contributed by atoms with Gasteiger partial charge in [0.2, 0.25) is 0 Å². The van der Waals surface area contributed by atoms with Crippen molar-refractivity contribution in [3.63, 3.8) is 0 Å². The van der Waals surface area contributed by atoms with Gasteiger partial charge in [-0.15, -0.1) is 6.58 Å². The second kappa shape index (κ2) is 6.58. The summed E-state index contributed by atoms with van der Waals surface area (Å²) in [5.41, 5.74) is 0.421. The third kappa shape index (κ3) is 3.27. The van der Waals surface area contributed by atoms with Crippen molar-refractivity contribution < 1.29 is 49.3 Å². The third-order valence-corrected chi connectivity index (χ3v) is 1.95. The molecular formula is C11H11NaO4. The van der Waals surface area contributed by atoms with Crippen molar-refractivity contribution >= 4 is 5.97 Å². The maximum absolute atomic E-state index is 10.7. The number of ether oxygens (including phenoxy) is 1. The van der Waals surface area contributed by atoms with Crippen LogP contribution in [-0.4, -0.2) is 18.2 Å². The number of carbonyl (C=O) groups excluding carboxylic acids is 1. The van der Waals surface area contributed by atoms with Crippen molar-refractivity contribution in [2.45, 2.75) is 6.42 Å². The SMILES string of the molecule is C=CCc1cc(OC)c(O)c(C(=O)[O-])c1.[Na+]. The first kappa shape index (κ1) is 15.0. The Morgan fingerprint density at radius 3 is 2.69 bits per heavy atom. The molecule has 1 aromatic rings. The van der Waals surface area contributed by atoms with Crippen molar-refractivity contribution in [1.82, 2.24) is 0 Å². The van der Waals surface area contributed by atoms with E-state index in [1.54, 1.807) is 12.1 Å². The third-order valence-electron chi connectivity index (χ3n) is 1.95. The van der Waals surface area contributed by atoms with Crippen LogP contribution in [0.3, 0.4) is 0 Å². The van der Waals surface area contributed by atoms with E-state index < -0.39 is 11.7 Å². The number of methoxy groups -OCH3 is 1. The molecule has 0 aliphatic heterocycles. The summed E-state index contributed by atoms with van der Waals surface area (Å²) in [5.74, 6) is -1.73. The average molecular weight is 230 g/mol. The average Bonchev–Trinajstić information content (AvgIpc) is 2.20. The van der Waals surface area contributed by atoms with E-state index in [4.69, 9.17) is 4.74 Å². The molecule has 4 nitrogen and oxygen atoms in total. The summed E-state index contributed by atoms with van der Waals surface area (Å²) in [7, 11) is 1.35. The number of allylic oxidation sites excluding steroid dienone is 1. The number of hydrogen-bond acceptors (Lipinski definition) is 4. The quantitative estimate of drug-likeness (QED) is 0.458. The minimum atomic E-state index is -1.43. The Kier molecular flexibility index (Phi) is 6.18. The van der Waals surface area contributed by atoms with Gasteiger partial charge in [-0.3, -0.25) is 0 Å². The zero-order valence-electron chi connectivity index (χ0n) is 9.32. The van der Waals surface area contributed by atoms with Crippen LogP contribution < -0.4 is 39.4 Å². The molecule has 1 N–H and O–H groups in total. The molecule has 0 atom stereocenters. The van der Waals surface area contributed by atoms with Crippen molar-refractivity contribution in [3.05, 3.63) is 35.9 Å². The monoisotopic (exact) mass is 230 g/mol. The molecule has 1 rings (SSSR count). The van der Waals surface area contributed by atoms with Crippen LogP contribution in [0.25, 0.3) is 0 Å². The van der Waals surface area contributed by atoms with E-state index in [2.05, 4.69) is 6.58 Å². The fraction of sp³-hybridized carbons (Fsp3) is 0.182. The van der Waals surface area contributed by atoms with Crippen molar-refractivity contribution in [1.29, 1.82) is 0 Å². The van der Waals surface area contributed by atoms with Gasteiger partial charge >= 0.3 is 29.6 Å². The first-order chi connectivity index (χ1) is 7.10. The van der Waals surface area contributed by atoms with Gasteiger partial charge in [0.05, 0.1) is 13.1 Å². The summed E-state index contributed by atoms with van der Waals surface area (Å²) in [4.78, 5) is 10.7. The molecule has 0 saturated carbocycles. The Labute approximate surface area is 116 Å². The molecule has 0 aliphatic carbocycles. The van der Waals surface area contributed by atoms with E-state index in [-0.39, 0.29) is 40.9 Å². The molecule has 0 aromatic heterocycles. The Balaban J connectivity index is 0.00000225. The van der Waals surface area contributed by atoms with Gasteiger partial charge in [-0.05, 0) is 24.1 Å². The molecule has 0 aliphatic rings. The van der Waals surface area contributed by atoms with Crippen molar-refractivity contribution in [2.75, 3.05) is 7.11 Å². The standard InChI is InChI=1S/C11H12O4.Na/c1-3-4-7-5-8(11(13)14)10(12)9(6-7)15-2;/h3,5-6,12H,1,4H2,2H3,(H,13,14);/q;+1/p-1. The molecule has 0 heterocycles. The van der Waals surface area contributed by atoms with E-state index >= 15 is 0 Å². The minimum Gasteiger partial charge on any atom is -0.545 e. The van der Waals surface area contributed by atoms with Gasteiger partial charge < -0.3 is 19.7 Å². The molecule has 0 spiro atoms. The Bertz CT molecular complexity index is 401. The van der Waals surface area contributed by atoms with Gasteiger partial charge in [0.25, 0.3) is 0 Å². The zero-order valence-corrected chi connectivity index (χ0v) is 11.3.